The molecule has 2 atom stereocenters. The summed E-state index contributed by atoms with van der Waals surface area (Å²) in [6, 6.07) is 14.5. The van der Waals surface area contributed by atoms with Crippen molar-refractivity contribution >= 4 is 34.8 Å². The fraction of sp³-hybridized carbons (Fsp3) is 0.333. The third kappa shape index (κ3) is 5.68. The molecule has 184 valence electrons. The van der Waals surface area contributed by atoms with Crippen LogP contribution in [0.2, 0.25) is 5.02 Å². The summed E-state index contributed by atoms with van der Waals surface area (Å²) < 4.78 is 20.4. The Labute approximate surface area is 214 Å². The summed E-state index contributed by atoms with van der Waals surface area (Å²) in [4.78, 5) is 31.4. The Bertz CT molecular complexity index is 1180. The molecule has 4 rings (SSSR count). The topological polar surface area (TPSA) is 49.9 Å². The summed E-state index contributed by atoms with van der Waals surface area (Å²) in [7, 11) is 0. The largest absolute Gasteiger partial charge is 0.491 e. The highest BCUT2D eigenvalue weighted by Crippen LogP contribution is 2.34. The summed E-state index contributed by atoms with van der Waals surface area (Å²) in [6.45, 7) is 4.50. The normalized spacial score (nSPS) is 15.9. The van der Waals surface area contributed by atoms with Crippen molar-refractivity contribution < 1.29 is 18.7 Å². The molecule has 1 aliphatic rings. The van der Waals surface area contributed by atoms with E-state index in [0.717, 1.165) is 12.0 Å². The minimum absolute atomic E-state index is 0.0259. The molecule has 0 spiro atoms. The van der Waals surface area contributed by atoms with Crippen LogP contribution in [0.25, 0.3) is 0 Å². The van der Waals surface area contributed by atoms with Gasteiger partial charge in [0, 0.05) is 22.5 Å². The number of hydrogen-bond donors (Lipinski definition) is 0. The average Bonchev–Trinajstić information content (AvgIpc) is 3.35. The number of halogens is 2. The lowest BCUT2D eigenvalue weighted by atomic mass is 10.00. The van der Waals surface area contributed by atoms with Gasteiger partial charge in [-0.25, -0.2) is 4.39 Å². The molecule has 0 bridgehead atoms. The zero-order chi connectivity index (χ0) is 24.9. The maximum absolute atomic E-state index is 14.4. The SMILES string of the molecule is CC[C@@H](C)N(CC(=O)N1CCc2sccc2[C@H]1COc1ccc(Cl)cc1)C(=O)c1ccccc1F. The molecule has 2 amide bonds. The Morgan fingerprint density at radius 1 is 1.20 bits per heavy atom. The Morgan fingerprint density at radius 3 is 2.66 bits per heavy atom. The van der Waals surface area contributed by atoms with Crippen LogP contribution in [-0.2, 0) is 11.2 Å². The van der Waals surface area contributed by atoms with Gasteiger partial charge < -0.3 is 14.5 Å². The van der Waals surface area contributed by atoms with E-state index < -0.39 is 11.7 Å². The van der Waals surface area contributed by atoms with Gasteiger partial charge in [0.25, 0.3) is 5.91 Å². The second kappa shape index (κ2) is 11.2. The first kappa shape index (κ1) is 25.2. The van der Waals surface area contributed by atoms with E-state index in [1.54, 1.807) is 52.6 Å². The van der Waals surface area contributed by atoms with Gasteiger partial charge in [-0.05, 0) is 73.2 Å². The molecule has 0 radical (unpaired) electrons. The number of nitrogens with zero attached hydrogens (tertiary/aromatic N) is 2. The summed E-state index contributed by atoms with van der Waals surface area (Å²) in [5.41, 5.74) is 1.04. The van der Waals surface area contributed by atoms with Gasteiger partial charge >= 0.3 is 0 Å². The molecule has 0 fully saturated rings. The highest BCUT2D eigenvalue weighted by atomic mass is 35.5. The van der Waals surface area contributed by atoms with E-state index in [1.807, 2.05) is 25.3 Å². The fourth-order valence-electron chi connectivity index (χ4n) is 4.25. The van der Waals surface area contributed by atoms with Crippen molar-refractivity contribution in [2.45, 2.75) is 38.8 Å². The Hall–Kier alpha value is -2.90. The number of rotatable bonds is 8. The van der Waals surface area contributed by atoms with Crippen molar-refractivity contribution in [2.75, 3.05) is 19.7 Å². The van der Waals surface area contributed by atoms with Crippen LogP contribution in [0.15, 0.2) is 60.0 Å². The van der Waals surface area contributed by atoms with E-state index >= 15 is 0 Å². The number of ether oxygens (including phenoxy) is 1. The summed E-state index contributed by atoms with van der Waals surface area (Å²) >= 11 is 7.66. The molecule has 3 aromatic rings. The lowest BCUT2D eigenvalue weighted by molar-refractivity contribution is -0.136. The number of hydrogen-bond acceptors (Lipinski definition) is 4. The Balaban J connectivity index is 1.55. The summed E-state index contributed by atoms with van der Waals surface area (Å²) in [5, 5.41) is 2.65. The van der Waals surface area contributed by atoms with Crippen LogP contribution < -0.4 is 4.74 Å². The molecular weight excluding hydrogens is 487 g/mol. The van der Waals surface area contributed by atoms with E-state index in [9.17, 15) is 14.0 Å². The van der Waals surface area contributed by atoms with Gasteiger partial charge in [-0.2, -0.15) is 0 Å². The number of benzene rings is 2. The van der Waals surface area contributed by atoms with Gasteiger partial charge in [0.05, 0.1) is 11.6 Å². The van der Waals surface area contributed by atoms with Crippen LogP contribution in [0, 0.1) is 5.82 Å². The number of fused-ring (bicyclic) bond motifs is 1. The van der Waals surface area contributed by atoms with Crippen LogP contribution in [0.1, 0.15) is 47.1 Å². The molecule has 0 saturated carbocycles. The lowest BCUT2D eigenvalue weighted by Gasteiger charge is -2.38. The molecule has 0 N–H and O–H groups in total. The van der Waals surface area contributed by atoms with Crippen molar-refractivity contribution in [3.63, 3.8) is 0 Å². The van der Waals surface area contributed by atoms with Crippen molar-refractivity contribution in [3.8, 4) is 5.75 Å². The van der Waals surface area contributed by atoms with Crippen molar-refractivity contribution in [3.05, 3.63) is 86.8 Å². The van der Waals surface area contributed by atoms with Crippen LogP contribution in [0.5, 0.6) is 5.75 Å². The van der Waals surface area contributed by atoms with E-state index in [0.29, 0.717) is 23.7 Å². The molecule has 2 heterocycles. The number of carbonyl (C=O) groups is 2. The maximum Gasteiger partial charge on any atom is 0.257 e. The van der Waals surface area contributed by atoms with Gasteiger partial charge in [0.15, 0.2) is 0 Å². The minimum Gasteiger partial charge on any atom is -0.491 e. The van der Waals surface area contributed by atoms with Crippen LogP contribution >= 0.6 is 22.9 Å². The van der Waals surface area contributed by atoms with Crippen LogP contribution in [0.3, 0.4) is 0 Å². The maximum atomic E-state index is 14.4. The smallest absolute Gasteiger partial charge is 0.257 e. The van der Waals surface area contributed by atoms with Crippen molar-refractivity contribution in [2.24, 2.45) is 0 Å². The lowest BCUT2D eigenvalue weighted by Crippen LogP contribution is -2.50. The molecule has 1 aliphatic heterocycles. The molecule has 0 aliphatic carbocycles. The highest BCUT2D eigenvalue weighted by molar-refractivity contribution is 7.10. The molecule has 35 heavy (non-hydrogen) atoms. The molecular formula is C27H28ClFN2O3S. The van der Waals surface area contributed by atoms with E-state index in [-0.39, 0.29) is 36.7 Å². The summed E-state index contributed by atoms with van der Waals surface area (Å²) in [5.74, 6) is -0.585. The van der Waals surface area contributed by atoms with Gasteiger partial charge in [0.2, 0.25) is 5.91 Å². The Morgan fingerprint density at radius 2 is 1.94 bits per heavy atom. The van der Waals surface area contributed by atoms with E-state index in [4.69, 9.17) is 16.3 Å². The van der Waals surface area contributed by atoms with E-state index in [1.165, 1.54) is 21.9 Å². The number of thiophene rings is 1. The Kier molecular flexibility index (Phi) is 8.08. The number of amides is 2. The van der Waals surface area contributed by atoms with Gasteiger partial charge in [-0.1, -0.05) is 30.7 Å². The second-order valence-electron chi connectivity index (χ2n) is 8.59. The third-order valence-electron chi connectivity index (χ3n) is 6.43. The van der Waals surface area contributed by atoms with Gasteiger partial charge in [-0.15, -0.1) is 11.3 Å². The predicted octanol–water partition coefficient (Wildman–Crippen LogP) is 5.99. The first-order valence-electron chi connectivity index (χ1n) is 11.7. The quantitative estimate of drug-likeness (QED) is 0.371. The monoisotopic (exact) mass is 514 g/mol. The third-order valence-corrected chi connectivity index (χ3v) is 7.68. The van der Waals surface area contributed by atoms with Crippen LogP contribution in [0.4, 0.5) is 4.39 Å². The zero-order valence-electron chi connectivity index (χ0n) is 19.7. The molecule has 0 saturated heterocycles. The van der Waals surface area contributed by atoms with Crippen LogP contribution in [-0.4, -0.2) is 47.4 Å². The second-order valence-corrected chi connectivity index (χ2v) is 10.0. The highest BCUT2D eigenvalue weighted by Gasteiger charge is 2.34. The molecule has 0 unspecified atom stereocenters. The number of carbonyl (C=O) groups excluding carboxylic acids is 2. The van der Waals surface area contributed by atoms with Crippen molar-refractivity contribution in [1.29, 1.82) is 0 Å². The molecule has 8 heteroatoms. The van der Waals surface area contributed by atoms with Gasteiger partial charge in [0.1, 0.15) is 24.7 Å². The average molecular weight is 515 g/mol. The molecule has 2 aromatic carbocycles. The summed E-state index contributed by atoms with van der Waals surface area (Å²) in [6.07, 6.45) is 1.39. The first-order valence-corrected chi connectivity index (χ1v) is 12.9. The van der Waals surface area contributed by atoms with E-state index in [2.05, 4.69) is 0 Å². The van der Waals surface area contributed by atoms with Gasteiger partial charge in [-0.3, -0.25) is 9.59 Å². The minimum atomic E-state index is -0.589. The molecule has 5 nitrogen and oxygen atoms in total. The van der Waals surface area contributed by atoms with Crippen molar-refractivity contribution in [1.82, 2.24) is 9.80 Å². The fourth-order valence-corrected chi connectivity index (χ4v) is 5.31. The zero-order valence-corrected chi connectivity index (χ0v) is 21.3. The predicted molar refractivity (Wildman–Crippen MR) is 137 cm³/mol. The molecule has 1 aromatic heterocycles. The standard InChI is InChI=1S/C27H28ClFN2O3S/c1-3-18(2)31(27(33)21-6-4-5-7-23(21)29)16-26(32)30-14-12-25-22(13-15-35-25)24(30)17-34-20-10-8-19(28)9-11-20/h4-11,13,15,18,24H,3,12,14,16-17H2,1-2H3/t18-,24-/m1/s1. The first-order chi connectivity index (χ1) is 16.9.